The molecule has 0 bridgehead atoms. The molecule has 3 N–H and O–H groups in total. The molecular formula is C18H31ClFN3O3S. The maximum absolute atomic E-state index is 13.9. The van der Waals surface area contributed by atoms with Crippen molar-refractivity contribution < 1.29 is 17.6 Å². The second kappa shape index (κ2) is 10.9. The molecule has 6 nitrogen and oxygen atoms in total. The number of hydrogen-bond donors (Lipinski definition) is 2. The molecule has 156 valence electrons. The van der Waals surface area contributed by atoms with E-state index in [1.165, 1.54) is 23.1 Å². The minimum absolute atomic E-state index is 0. The van der Waals surface area contributed by atoms with E-state index in [-0.39, 0.29) is 30.3 Å². The van der Waals surface area contributed by atoms with Gasteiger partial charge in [0.1, 0.15) is 16.8 Å². The molecular weight excluding hydrogens is 393 g/mol. The standard InChI is InChI=1S/C18H30FN3O3S.ClH/c1-12(2)15(20)10-11-22(5)18(23)17(13(3)4)21-26(24,25)16-9-7-6-8-14(16)19;/h6-9,12-13,15,17,21H,10-11,20H2,1-5H3;1H. The van der Waals surface area contributed by atoms with E-state index in [1.54, 1.807) is 20.9 Å². The summed E-state index contributed by atoms with van der Waals surface area (Å²) in [5, 5.41) is 0. The van der Waals surface area contributed by atoms with E-state index >= 15 is 0 Å². The molecule has 0 radical (unpaired) electrons. The van der Waals surface area contributed by atoms with Crippen LogP contribution in [0.2, 0.25) is 0 Å². The predicted octanol–water partition coefficient (Wildman–Crippen LogP) is 2.38. The molecule has 1 aromatic rings. The molecule has 9 heteroatoms. The average molecular weight is 424 g/mol. The zero-order valence-electron chi connectivity index (χ0n) is 16.5. The van der Waals surface area contributed by atoms with Crippen molar-refractivity contribution in [2.45, 2.75) is 51.1 Å². The summed E-state index contributed by atoms with van der Waals surface area (Å²) in [6, 6.07) is 4.05. The highest BCUT2D eigenvalue weighted by Gasteiger charge is 2.31. The Morgan fingerprint density at radius 1 is 1.19 bits per heavy atom. The van der Waals surface area contributed by atoms with Crippen LogP contribution >= 0.6 is 12.4 Å². The summed E-state index contributed by atoms with van der Waals surface area (Å²) in [7, 11) is -2.54. The second-order valence-electron chi connectivity index (χ2n) is 7.23. The number of carbonyl (C=O) groups is 1. The molecule has 1 rings (SSSR count). The Hall–Kier alpha value is -1.22. The maximum Gasteiger partial charge on any atom is 0.244 e. The van der Waals surface area contributed by atoms with Crippen molar-refractivity contribution in [1.82, 2.24) is 9.62 Å². The molecule has 1 aromatic carbocycles. The van der Waals surface area contributed by atoms with E-state index in [9.17, 15) is 17.6 Å². The number of nitrogens with two attached hydrogens (primary N) is 1. The fourth-order valence-electron chi connectivity index (χ4n) is 2.39. The summed E-state index contributed by atoms with van der Waals surface area (Å²) >= 11 is 0. The van der Waals surface area contributed by atoms with E-state index in [0.29, 0.717) is 18.9 Å². The van der Waals surface area contributed by atoms with Crippen LogP contribution in [0, 0.1) is 17.7 Å². The summed E-state index contributed by atoms with van der Waals surface area (Å²) in [6.07, 6.45) is 0.616. The second-order valence-corrected chi connectivity index (χ2v) is 8.91. The van der Waals surface area contributed by atoms with E-state index in [2.05, 4.69) is 4.72 Å². The molecule has 0 aromatic heterocycles. The third-order valence-corrected chi connectivity index (χ3v) is 5.85. The van der Waals surface area contributed by atoms with Crippen molar-refractivity contribution in [3.05, 3.63) is 30.1 Å². The van der Waals surface area contributed by atoms with Crippen LogP contribution in [-0.4, -0.2) is 44.9 Å². The van der Waals surface area contributed by atoms with Gasteiger partial charge in [-0.3, -0.25) is 4.79 Å². The Labute approximate surface area is 168 Å². The van der Waals surface area contributed by atoms with E-state index in [1.807, 2.05) is 13.8 Å². The minimum Gasteiger partial charge on any atom is -0.344 e. The number of nitrogens with zero attached hydrogens (tertiary/aromatic N) is 1. The number of likely N-dealkylation sites (N-methyl/N-ethyl adjacent to an activating group) is 1. The van der Waals surface area contributed by atoms with Gasteiger partial charge in [0.2, 0.25) is 15.9 Å². The van der Waals surface area contributed by atoms with Gasteiger partial charge in [0.05, 0.1) is 0 Å². The first-order valence-corrected chi connectivity index (χ1v) is 10.2. The highest BCUT2D eigenvalue weighted by atomic mass is 35.5. The summed E-state index contributed by atoms with van der Waals surface area (Å²) < 4.78 is 41.2. The lowest BCUT2D eigenvalue weighted by Crippen LogP contribution is -2.50. The zero-order chi connectivity index (χ0) is 20.1. The number of carbonyl (C=O) groups excluding carboxylic acids is 1. The number of halogens is 2. The molecule has 0 saturated carbocycles. The van der Waals surface area contributed by atoms with Gasteiger partial charge in [0.25, 0.3) is 0 Å². The minimum atomic E-state index is -4.16. The van der Waals surface area contributed by atoms with Crippen molar-refractivity contribution in [2.24, 2.45) is 17.6 Å². The van der Waals surface area contributed by atoms with E-state index in [4.69, 9.17) is 5.73 Å². The summed E-state index contributed by atoms with van der Waals surface area (Å²) in [5.74, 6) is -1.23. The van der Waals surface area contributed by atoms with Crippen molar-refractivity contribution in [3.8, 4) is 0 Å². The Balaban J connectivity index is 0.00000676. The van der Waals surface area contributed by atoms with Gasteiger partial charge >= 0.3 is 0 Å². The fourth-order valence-corrected chi connectivity index (χ4v) is 3.81. The summed E-state index contributed by atoms with van der Waals surface area (Å²) in [5.41, 5.74) is 6.00. The fraction of sp³-hybridized carbons (Fsp3) is 0.611. The number of hydrogen-bond acceptors (Lipinski definition) is 4. The van der Waals surface area contributed by atoms with Gasteiger partial charge in [-0.05, 0) is 30.4 Å². The van der Waals surface area contributed by atoms with Gasteiger partial charge in [0.15, 0.2) is 0 Å². The highest BCUT2D eigenvalue weighted by molar-refractivity contribution is 7.89. The first-order chi connectivity index (χ1) is 12.0. The SMILES string of the molecule is CC(C)C(N)CCN(C)C(=O)C(NS(=O)(=O)c1ccccc1F)C(C)C.Cl. The molecule has 0 aliphatic carbocycles. The van der Waals surface area contributed by atoms with Crippen molar-refractivity contribution >= 4 is 28.3 Å². The van der Waals surface area contributed by atoms with Crippen LogP contribution in [0.25, 0.3) is 0 Å². The number of amides is 1. The number of benzene rings is 1. The number of rotatable bonds is 9. The number of nitrogens with one attached hydrogen (secondary N) is 1. The quantitative estimate of drug-likeness (QED) is 0.637. The van der Waals surface area contributed by atoms with E-state index < -0.39 is 26.8 Å². The number of sulfonamides is 1. The van der Waals surface area contributed by atoms with Gasteiger partial charge in [-0.25, -0.2) is 12.8 Å². The van der Waals surface area contributed by atoms with Crippen LogP contribution in [-0.2, 0) is 14.8 Å². The van der Waals surface area contributed by atoms with Crippen molar-refractivity contribution in [3.63, 3.8) is 0 Å². The Morgan fingerprint density at radius 2 is 1.74 bits per heavy atom. The first kappa shape index (κ1) is 25.8. The topological polar surface area (TPSA) is 92.5 Å². The predicted molar refractivity (Wildman–Crippen MR) is 108 cm³/mol. The lowest BCUT2D eigenvalue weighted by atomic mass is 10.0. The van der Waals surface area contributed by atoms with Crippen LogP contribution in [0.15, 0.2) is 29.2 Å². The smallest absolute Gasteiger partial charge is 0.244 e. The average Bonchev–Trinajstić information content (AvgIpc) is 2.56. The molecule has 1 amide bonds. The Bertz CT molecular complexity index is 714. The first-order valence-electron chi connectivity index (χ1n) is 8.74. The summed E-state index contributed by atoms with van der Waals surface area (Å²) in [4.78, 5) is 13.7. The molecule has 0 aliphatic rings. The molecule has 27 heavy (non-hydrogen) atoms. The molecule has 0 saturated heterocycles. The van der Waals surface area contributed by atoms with Gasteiger partial charge in [-0.15, -0.1) is 12.4 Å². The van der Waals surface area contributed by atoms with Crippen molar-refractivity contribution in [2.75, 3.05) is 13.6 Å². The third kappa shape index (κ3) is 7.37. The molecule has 0 fully saturated rings. The Kier molecular flexibility index (Phi) is 10.5. The van der Waals surface area contributed by atoms with Crippen LogP contribution in [0.3, 0.4) is 0 Å². The van der Waals surface area contributed by atoms with Crippen LogP contribution in [0.4, 0.5) is 4.39 Å². The summed E-state index contributed by atoms with van der Waals surface area (Å²) in [6.45, 7) is 7.90. The van der Waals surface area contributed by atoms with Gasteiger partial charge in [-0.2, -0.15) is 4.72 Å². The van der Waals surface area contributed by atoms with Crippen LogP contribution in [0.5, 0.6) is 0 Å². The maximum atomic E-state index is 13.9. The monoisotopic (exact) mass is 423 g/mol. The highest BCUT2D eigenvalue weighted by Crippen LogP contribution is 2.16. The Morgan fingerprint density at radius 3 is 2.22 bits per heavy atom. The molecule has 2 atom stereocenters. The largest absolute Gasteiger partial charge is 0.344 e. The van der Waals surface area contributed by atoms with Crippen molar-refractivity contribution in [1.29, 1.82) is 0 Å². The van der Waals surface area contributed by atoms with Gasteiger partial charge in [0, 0.05) is 19.6 Å². The van der Waals surface area contributed by atoms with Crippen LogP contribution in [0.1, 0.15) is 34.1 Å². The van der Waals surface area contributed by atoms with E-state index in [0.717, 1.165) is 6.07 Å². The molecule has 0 spiro atoms. The van der Waals surface area contributed by atoms with Crippen LogP contribution < -0.4 is 10.5 Å². The third-order valence-electron chi connectivity index (χ3n) is 4.37. The lowest BCUT2D eigenvalue weighted by molar-refractivity contribution is -0.132. The molecule has 0 aliphatic heterocycles. The lowest BCUT2D eigenvalue weighted by Gasteiger charge is -2.28. The normalized spacial score (nSPS) is 14.0. The zero-order valence-corrected chi connectivity index (χ0v) is 18.1. The molecule has 2 unspecified atom stereocenters. The van der Waals surface area contributed by atoms with Gasteiger partial charge in [-0.1, -0.05) is 39.8 Å². The van der Waals surface area contributed by atoms with Gasteiger partial charge < -0.3 is 10.6 Å². The molecule has 0 heterocycles.